The van der Waals surface area contributed by atoms with Crippen molar-refractivity contribution in [3.05, 3.63) is 0 Å². The van der Waals surface area contributed by atoms with Gasteiger partial charge in [0.05, 0.1) is 0 Å². The summed E-state index contributed by atoms with van der Waals surface area (Å²) in [5, 5.41) is 3.51. The molecule has 1 aliphatic heterocycles. The predicted octanol–water partition coefficient (Wildman–Crippen LogP) is 2.99. The highest BCUT2D eigenvalue weighted by Crippen LogP contribution is 2.22. The van der Waals surface area contributed by atoms with E-state index in [4.69, 9.17) is 0 Å². The Hall–Kier alpha value is -0.0800. The van der Waals surface area contributed by atoms with Crippen molar-refractivity contribution in [2.24, 2.45) is 17.8 Å². The van der Waals surface area contributed by atoms with E-state index in [-0.39, 0.29) is 0 Å². The highest BCUT2D eigenvalue weighted by Gasteiger charge is 2.24. The molecular formula is C15H32N2. The molecule has 0 aromatic carbocycles. The molecular weight excluding hydrogens is 208 g/mol. The fourth-order valence-electron chi connectivity index (χ4n) is 2.58. The highest BCUT2D eigenvalue weighted by atomic mass is 15.1. The maximum absolute atomic E-state index is 3.51. The molecule has 1 fully saturated rings. The molecule has 2 unspecified atom stereocenters. The second-order valence-corrected chi connectivity index (χ2v) is 6.37. The monoisotopic (exact) mass is 240 g/mol. The summed E-state index contributed by atoms with van der Waals surface area (Å²) >= 11 is 0. The van der Waals surface area contributed by atoms with Crippen LogP contribution in [-0.4, -0.2) is 37.6 Å². The molecule has 1 rings (SSSR count). The molecule has 0 radical (unpaired) electrons. The van der Waals surface area contributed by atoms with Gasteiger partial charge in [0.1, 0.15) is 0 Å². The Labute approximate surface area is 108 Å². The zero-order valence-electron chi connectivity index (χ0n) is 12.3. The van der Waals surface area contributed by atoms with Crippen LogP contribution in [0.4, 0.5) is 0 Å². The minimum absolute atomic E-state index is 0.780. The van der Waals surface area contributed by atoms with Crippen LogP contribution in [0.3, 0.4) is 0 Å². The van der Waals surface area contributed by atoms with Crippen LogP contribution in [-0.2, 0) is 0 Å². The van der Waals surface area contributed by atoms with E-state index in [1.807, 2.05) is 0 Å². The van der Waals surface area contributed by atoms with Gasteiger partial charge in [-0.3, -0.25) is 0 Å². The molecule has 0 aromatic heterocycles. The quantitative estimate of drug-likeness (QED) is 0.656. The van der Waals surface area contributed by atoms with Crippen LogP contribution in [0.5, 0.6) is 0 Å². The standard InChI is InChI=1S/C15H32N2/c1-13(2)10-16-8-6-5-7-9-17-11-14(3)15(4)12-17/h13-16H,5-12H2,1-4H3. The largest absolute Gasteiger partial charge is 0.316 e. The minimum Gasteiger partial charge on any atom is -0.316 e. The van der Waals surface area contributed by atoms with E-state index in [9.17, 15) is 0 Å². The normalized spacial score (nSPS) is 25.9. The summed E-state index contributed by atoms with van der Waals surface area (Å²) in [6, 6.07) is 0. The zero-order chi connectivity index (χ0) is 12.7. The van der Waals surface area contributed by atoms with Crippen molar-refractivity contribution >= 4 is 0 Å². The Balaban J connectivity index is 1.88. The second kappa shape index (κ2) is 8.10. The second-order valence-electron chi connectivity index (χ2n) is 6.37. The first-order valence-corrected chi connectivity index (χ1v) is 7.52. The van der Waals surface area contributed by atoms with E-state index in [0.717, 1.165) is 17.8 Å². The lowest BCUT2D eigenvalue weighted by Crippen LogP contribution is -2.23. The summed E-state index contributed by atoms with van der Waals surface area (Å²) in [6.45, 7) is 15.6. The molecule has 0 spiro atoms. The van der Waals surface area contributed by atoms with Crippen LogP contribution < -0.4 is 5.32 Å². The van der Waals surface area contributed by atoms with Gasteiger partial charge in [0.15, 0.2) is 0 Å². The van der Waals surface area contributed by atoms with Crippen LogP contribution in [0, 0.1) is 17.8 Å². The molecule has 102 valence electrons. The number of unbranched alkanes of at least 4 members (excludes halogenated alkanes) is 2. The molecule has 1 aliphatic rings. The maximum atomic E-state index is 3.51. The van der Waals surface area contributed by atoms with Crippen LogP contribution in [0.2, 0.25) is 0 Å². The number of nitrogens with one attached hydrogen (secondary N) is 1. The predicted molar refractivity (Wildman–Crippen MR) is 76.3 cm³/mol. The molecule has 0 saturated carbocycles. The topological polar surface area (TPSA) is 15.3 Å². The average molecular weight is 240 g/mol. The van der Waals surface area contributed by atoms with Gasteiger partial charge in [-0.1, -0.05) is 34.1 Å². The Bertz CT molecular complexity index is 181. The van der Waals surface area contributed by atoms with Crippen LogP contribution >= 0.6 is 0 Å². The van der Waals surface area contributed by atoms with Crippen molar-refractivity contribution in [2.45, 2.75) is 47.0 Å². The van der Waals surface area contributed by atoms with Gasteiger partial charge in [-0.15, -0.1) is 0 Å². The van der Waals surface area contributed by atoms with Gasteiger partial charge in [0, 0.05) is 13.1 Å². The summed E-state index contributed by atoms with van der Waals surface area (Å²) in [7, 11) is 0. The van der Waals surface area contributed by atoms with E-state index in [1.54, 1.807) is 0 Å². The van der Waals surface area contributed by atoms with Gasteiger partial charge in [0.2, 0.25) is 0 Å². The van der Waals surface area contributed by atoms with Gasteiger partial charge < -0.3 is 10.2 Å². The lowest BCUT2D eigenvalue weighted by molar-refractivity contribution is 0.314. The van der Waals surface area contributed by atoms with Gasteiger partial charge in [-0.05, 0) is 50.2 Å². The first-order valence-electron chi connectivity index (χ1n) is 7.52. The minimum atomic E-state index is 0.780. The smallest absolute Gasteiger partial charge is 0.00102 e. The Morgan fingerprint density at radius 3 is 2.29 bits per heavy atom. The fourth-order valence-corrected chi connectivity index (χ4v) is 2.58. The third-order valence-corrected chi connectivity index (χ3v) is 3.94. The molecule has 17 heavy (non-hydrogen) atoms. The molecule has 2 heteroatoms. The van der Waals surface area contributed by atoms with Crippen molar-refractivity contribution in [2.75, 3.05) is 32.7 Å². The first kappa shape index (κ1) is 15.0. The number of likely N-dealkylation sites (tertiary alicyclic amines) is 1. The van der Waals surface area contributed by atoms with Crippen LogP contribution in [0.15, 0.2) is 0 Å². The molecule has 0 aliphatic carbocycles. The maximum Gasteiger partial charge on any atom is 0.00102 e. The Kier molecular flexibility index (Phi) is 7.14. The molecule has 1 heterocycles. The number of hydrogen-bond donors (Lipinski definition) is 1. The third-order valence-electron chi connectivity index (χ3n) is 3.94. The zero-order valence-corrected chi connectivity index (χ0v) is 12.3. The summed E-state index contributed by atoms with van der Waals surface area (Å²) in [5.41, 5.74) is 0. The average Bonchev–Trinajstić information content (AvgIpc) is 2.56. The molecule has 0 aromatic rings. The van der Waals surface area contributed by atoms with Gasteiger partial charge >= 0.3 is 0 Å². The van der Waals surface area contributed by atoms with Crippen molar-refractivity contribution in [1.29, 1.82) is 0 Å². The molecule has 2 atom stereocenters. The summed E-state index contributed by atoms with van der Waals surface area (Å²) < 4.78 is 0. The third kappa shape index (κ3) is 6.42. The van der Waals surface area contributed by atoms with Crippen molar-refractivity contribution in [3.63, 3.8) is 0 Å². The van der Waals surface area contributed by atoms with E-state index >= 15 is 0 Å². The Morgan fingerprint density at radius 2 is 1.71 bits per heavy atom. The van der Waals surface area contributed by atoms with Gasteiger partial charge in [-0.2, -0.15) is 0 Å². The molecule has 1 saturated heterocycles. The van der Waals surface area contributed by atoms with Gasteiger partial charge in [-0.25, -0.2) is 0 Å². The number of hydrogen-bond acceptors (Lipinski definition) is 2. The highest BCUT2D eigenvalue weighted by molar-refractivity contribution is 4.78. The van der Waals surface area contributed by atoms with Crippen LogP contribution in [0.25, 0.3) is 0 Å². The van der Waals surface area contributed by atoms with E-state index in [1.165, 1.54) is 52.0 Å². The fraction of sp³-hybridized carbons (Fsp3) is 1.00. The summed E-state index contributed by atoms with van der Waals surface area (Å²) in [6.07, 6.45) is 4.10. The molecule has 0 bridgehead atoms. The van der Waals surface area contributed by atoms with Crippen molar-refractivity contribution in [3.8, 4) is 0 Å². The summed E-state index contributed by atoms with van der Waals surface area (Å²) in [5.74, 6) is 2.59. The molecule has 0 amide bonds. The van der Waals surface area contributed by atoms with Crippen LogP contribution in [0.1, 0.15) is 47.0 Å². The SMILES string of the molecule is CC(C)CNCCCCCN1CC(C)C(C)C1. The van der Waals surface area contributed by atoms with E-state index in [2.05, 4.69) is 37.9 Å². The lowest BCUT2D eigenvalue weighted by atomic mass is 10.0. The van der Waals surface area contributed by atoms with E-state index < -0.39 is 0 Å². The van der Waals surface area contributed by atoms with Crippen molar-refractivity contribution in [1.82, 2.24) is 10.2 Å². The lowest BCUT2D eigenvalue weighted by Gasteiger charge is -2.15. The molecule has 1 N–H and O–H groups in total. The van der Waals surface area contributed by atoms with Gasteiger partial charge in [0.25, 0.3) is 0 Å². The first-order chi connectivity index (χ1) is 8.09. The Morgan fingerprint density at radius 1 is 1.06 bits per heavy atom. The number of nitrogens with zero attached hydrogens (tertiary/aromatic N) is 1. The number of rotatable bonds is 8. The van der Waals surface area contributed by atoms with E-state index in [0.29, 0.717) is 0 Å². The summed E-state index contributed by atoms with van der Waals surface area (Å²) in [4.78, 5) is 2.65. The van der Waals surface area contributed by atoms with Crippen molar-refractivity contribution < 1.29 is 0 Å². The molecule has 2 nitrogen and oxygen atoms in total.